The number of nitrogens with one attached hydrogen (secondary N) is 1. The fraction of sp³-hybridized carbons (Fsp3) is 0.900. The molecular formula is C10H20N4O5S2. The number of hydrogen-bond donors (Lipinski definition) is 1. The summed E-state index contributed by atoms with van der Waals surface area (Å²) in [6, 6.07) is -0.216. The third-order valence-electron chi connectivity index (χ3n) is 3.72. The summed E-state index contributed by atoms with van der Waals surface area (Å²) < 4.78 is 49.5. The van der Waals surface area contributed by atoms with Crippen molar-refractivity contribution < 1.29 is 21.6 Å². The van der Waals surface area contributed by atoms with Crippen LogP contribution in [0, 0.1) is 0 Å². The number of urea groups is 1. The summed E-state index contributed by atoms with van der Waals surface area (Å²) in [5, 5.41) is 0. The van der Waals surface area contributed by atoms with Crippen molar-refractivity contribution in [2.75, 3.05) is 57.8 Å². The van der Waals surface area contributed by atoms with Crippen molar-refractivity contribution in [3.05, 3.63) is 0 Å². The minimum Gasteiger partial charge on any atom is -0.323 e. The van der Waals surface area contributed by atoms with Gasteiger partial charge >= 0.3 is 6.03 Å². The van der Waals surface area contributed by atoms with Crippen molar-refractivity contribution in [2.24, 2.45) is 0 Å². The molecule has 0 radical (unpaired) electrons. The van der Waals surface area contributed by atoms with Crippen molar-refractivity contribution >= 4 is 26.1 Å². The molecule has 1 N–H and O–H groups in total. The number of carbonyl (C=O) groups is 1. The number of nitrogens with zero attached hydrogens (tertiary/aromatic N) is 3. The zero-order chi connectivity index (χ0) is 15.7. The lowest BCUT2D eigenvalue weighted by molar-refractivity contribution is 0.137. The second-order valence-corrected chi connectivity index (χ2v) is 9.20. The molecule has 0 aromatic rings. The predicted octanol–water partition coefficient (Wildman–Crippen LogP) is -2.08. The van der Waals surface area contributed by atoms with E-state index in [9.17, 15) is 21.6 Å². The molecule has 11 heteroatoms. The first kappa shape index (κ1) is 16.5. The number of amides is 2. The van der Waals surface area contributed by atoms with Crippen molar-refractivity contribution in [3.8, 4) is 0 Å². The van der Waals surface area contributed by atoms with E-state index in [-0.39, 0.29) is 43.7 Å². The van der Waals surface area contributed by atoms with E-state index in [4.69, 9.17) is 0 Å². The lowest BCUT2D eigenvalue weighted by Crippen LogP contribution is -2.57. The van der Waals surface area contributed by atoms with Gasteiger partial charge in [-0.15, -0.1) is 0 Å². The Bertz CT molecular complexity index is 581. The molecule has 0 atom stereocenters. The maximum atomic E-state index is 12.3. The van der Waals surface area contributed by atoms with Gasteiger partial charge in [0.1, 0.15) is 0 Å². The third-order valence-corrected chi connectivity index (χ3v) is 6.89. The molecule has 2 saturated heterocycles. The second-order valence-electron chi connectivity index (χ2n) is 5.02. The van der Waals surface area contributed by atoms with Gasteiger partial charge in [0.2, 0.25) is 0 Å². The molecule has 2 heterocycles. The summed E-state index contributed by atoms with van der Waals surface area (Å²) in [5.41, 5.74) is 0. The van der Waals surface area contributed by atoms with Crippen LogP contribution in [0.25, 0.3) is 0 Å². The Morgan fingerprint density at radius 2 is 1.43 bits per heavy atom. The summed E-state index contributed by atoms with van der Waals surface area (Å²) in [7, 11) is -5.13. The highest BCUT2D eigenvalue weighted by molar-refractivity contribution is 7.91. The molecule has 2 amide bonds. The van der Waals surface area contributed by atoms with Crippen molar-refractivity contribution in [1.82, 2.24) is 18.8 Å². The Labute approximate surface area is 125 Å². The van der Waals surface area contributed by atoms with Crippen LogP contribution in [-0.4, -0.2) is 94.8 Å². The number of hydrogen-bond acceptors (Lipinski definition) is 5. The highest BCUT2D eigenvalue weighted by Crippen LogP contribution is 2.11. The first-order chi connectivity index (χ1) is 9.75. The SMILES string of the molecule is CNS(=O)(=O)N1CCN(C(=O)N2CCS(=O)(=O)CC2)CC1. The van der Waals surface area contributed by atoms with Gasteiger partial charge in [0.15, 0.2) is 9.84 Å². The highest BCUT2D eigenvalue weighted by atomic mass is 32.2. The van der Waals surface area contributed by atoms with Crippen LogP contribution in [0.1, 0.15) is 0 Å². The topological polar surface area (TPSA) is 107 Å². The molecule has 21 heavy (non-hydrogen) atoms. The summed E-state index contributed by atoms with van der Waals surface area (Å²) in [4.78, 5) is 15.3. The van der Waals surface area contributed by atoms with E-state index in [0.29, 0.717) is 13.1 Å². The molecule has 2 rings (SSSR count). The molecular weight excluding hydrogens is 320 g/mol. The van der Waals surface area contributed by atoms with E-state index >= 15 is 0 Å². The average molecular weight is 340 g/mol. The van der Waals surface area contributed by atoms with E-state index in [1.165, 1.54) is 16.3 Å². The first-order valence-electron chi connectivity index (χ1n) is 6.68. The molecule has 9 nitrogen and oxygen atoms in total. The lowest BCUT2D eigenvalue weighted by Gasteiger charge is -2.37. The molecule has 0 aliphatic carbocycles. The minimum atomic E-state index is -3.46. The predicted molar refractivity (Wildman–Crippen MR) is 76.7 cm³/mol. The van der Waals surface area contributed by atoms with E-state index in [2.05, 4.69) is 4.72 Å². The second kappa shape index (κ2) is 6.07. The number of sulfone groups is 1. The molecule has 2 aliphatic rings. The van der Waals surface area contributed by atoms with Gasteiger partial charge in [-0.1, -0.05) is 0 Å². The van der Waals surface area contributed by atoms with Crippen LogP contribution in [0.4, 0.5) is 4.79 Å². The van der Waals surface area contributed by atoms with Crippen LogP contribution in [0.15, 0.2) is 0 Å². The maximum Gasteiger partial charge on any atom is 0.320 e. The Morgan fingerprint density at radius 1 is 0.952 bits per heavy atom. The van der Waals surface area contributed by atoms with Crippen molar-refractivity contribution in [3.63, 3.8) is 0 Å². The maximum absolute atomic E-state index is 12.3. The van der Waals surface area contributed by atoms with E-state index < -0.39 is 20.0 Å². The first-order valence-corrected chi connectivity index (χ1v) is 9.94. The van der Waals surface area contributed by atoms with Crippen LogP contribution in [-0.2, 0) is 20.0 Å². The molecule has 2 aliphatic heterocycles. The molecule has 0 unspecified atom stereocenters. The molecule has 2 fully saturated rings. The van der Waals surface area contributed by atoms with Crippen molar-refractivity contribution in [2.45, 2.75) is 0 Å². The molecule has 122 valence electrons. The van der Waals surface area contributed by atoms with Crippen LogP contribution < -0.4 is 4.72 Å². The fourth-order valence-corrected chi connectivity index (χ4v) is 4.46. The summed E-state index contributed by atoms with van der Waals surface area (Å²) in [6.07, 6.45) is 0. The summed E-state index contributed by atoms with van der Waals surface area (Å²) in [5.74, 6) is -0.0142. The zero-order valence-corrected chi connectivity index (χ0v) is 13.5. The fourth-order valence-electron chi connectivity index (χ4n) is 2.35. The largest absolute Gasteiger partial charge is 0.323 e. The van der Waals surface area contributed by atoms with Crippen LogP contribution in [0.3, 0.4) is 0 Å². The lowest BCUT2D eigenvalue weighted by atomic mass is 10.4. The Morgan fingerprint density at radius 3 is 1.90 bits per heavy atom. The van der Waals surface area contributed by atoms with Gasteiger partial charge in [-0.3, -0.25) is 0 Å². The Kier molecular flexibility index (Phi) is 4.76. The average Bonchev–Trinajstić information content (AvgIpc) is 2.47. The highest BCUT2D eigenvalue weighted by Gasteiger charge is 2.32. The molecule has 0 spiro atoms. The number of piperazine rings is 1. The number of carbonyl (C=O) groups excluding carboxylic acids is 1. The van der Waals surface area contributed by atoms with Crippen LogP contribution in [0.2, 0.25) is 0 Å². The standard InChI is InChI=1S/C10H20N4O5S2/c1-11-21(18,19)14-4-2-12(3-5-14)10(15)13-6-8-20(16,17)9-7-13/h11H,2-9H2,1H3. The van der Waals surface area contributed by atoms with Gasteiger partial charge in [-0.2, -0.15) is 12.7 Å². The van der Waals surface area contributed by atoms with E-state index in [0.717, 1.165) is 0 Å². The molecule has 0 aromatic carbocycles. The summed E-state index contributed by atoms with van der Waals surface area (Å²) in [6.45, 7) is 1.50. The Hall–Kier alpha value is -0.910. The normalized spacial score (nSPS) is 24.0. The van der Waals surface area contributed by atoms with Crippen LogP contribution >= 0.6 is 0 Å². The van der Waals surface area contributed by atoms with E-state index in [1.807, 2.05) is 0 Å². The van der Waals surface area contributed by atoms with Crippen LogP contribution in [0.5, 0.6) is 0 Å². The Balaban J connectivity index is 1.89. The smallest absolute Gasteiger partial charge is 0.320 e. The number of rotatable bonds is 2. The minimum absolute atomic E-state index is 0.00710. The van der Waals surface area contributed by atoms with Gasteiger partial charge in [-0.05, 0) is 0 Å². The van der Waals surface area contributed by atoms with Gasteiger partial charge in [0.25, 0.3) is 10.2 Å². The molecule has 0 bridgehead atoms. The quantitative estimate of drug-likeness (QED) is 0.621. The summed E-state index contributed by atoms with van der Waals surface area (Å²) >= 11 is 0. The van der Waals surface area contributed by atoms with Gasteiger partial charge in [0.05, 0.1) is 11.5 Å². The zero-order valence-electron chi connectivity index (χ0n) is 11.9. The third kappa shape index (κ3) is 3.84. The van der Waals surface area contributed by atoms with Gasteiger partial charge in [0, 0.05) is 46.3 Å². The molecule has 0 aromatic heterocycles. The molecule has 0 saturated carbocycles. The van der Waals surface area contributed by atoms with E-state index in [1.54, 1.807) is 4.90 Å². The van der Waals surface area contributed by atoms with Gasteiger partial charge < -0.3 is 9.80 Å². The van der Waals surface area contributed by atoms with Gasteiger partial charge in [-0.25, -0.2) is 17.9 Å². The van der Waals surface area contributed by atoms with Crippen molar-refractivity contribution in [1.29, 1.82) is 0 Å². The monoisotopic (exact) mass is 340 g/mol.